The van der Waals surface area contributed by atoms with Gasteiger partial charge in [0.25, 0.3) is 0 Å². The first-order valence-electron chi connectivity index (χ1n) is 6.40. The van der Waals surface area contributed by atoms with Crippen LogP contribution in [0.3, 0.4) is 0 Å². The average Bonchev–Trinajstić information content (AvgIpc) is 2.49. The van der Waals surface area contributed by atoms with Gasteiger partial charge < -0.3 is 9.47 Å². The van der Waals surface area contributed by atoms with Crippen molar-refractivity contribution >= 4 is 5.97 Å². The molecule has 0 aliphatic rings. The molecule has 0 aliphatic heterocycles. The summed E-state index contributed by atoms with van der Waals surface area (Å²) >= 11 is 0. The summed E-state index contributed by atoms with van der Waals surface area (Å²) in [6, 6.07) is 17.5. The summed E-state index contributed by atoms with van der Waals surface area (Å²) in [6.45, 7) is 5.59. The van der Waals surface area contributed by atoms with E-state index >= 15 is 0 Å². The van der Waals surface area contributed by atoms with Crippen molar-refractivity contribution in [2.45, 2.75) is 6.92 Å². The molecule has 102 valence electrons. The monoisotopic (exact) mass is 268 g/mol. The smallest absolute Gasteiger partial charge is 0.373 e. The summed E-state index contributed by atoms with van der Waals surface area (Å²) in [5.41, 5.74) is 2.21. The molecule has 20 heavy (non-hydrogen) atoms. The zero-order valence-electron chi connectivity index (χ0n) is 11.3. The van der Waals surface area contributed by atoms with Crippen LogP contribution >= 0.6 is 0 Å². The van der Waals surface area contributed by atoms with E-state index in [1.54, 1.807) is 19.1 Å². The molecular weight excluding hydrogens is 252 g/mol. The number of carbonyl (C=O) groups excluding carboxylic acids is 1. The van der Waals surface area contributed by atoms with Gasteiger partial charge in [-0.1, -0.05) is 42.5 Å². The number of esters is 1. The van der Waals surface area contributed by atoms with Gasteiger partial charge in [-0.15, -0.1) is 0 Å². The van der Waals surface area contributed by atoms with Crippen LogP contribution in [-0.2, 0) is 9.53 Å². The zero-order chi connectivity index (χ0) is 14.4. The fourth-order valence-electron chi connectivity index (χ4n) is 1.74. The summed E-state index contributed by atoms with van der Waals surface area (Å²) in [5.74, 6) is 0.00156. The zero-order valence-corrected chi connectivity index (χ0v) is 11.3. The number of ether oxygens (including phenoxy) is 2. The molecule has 0 spiro atoms. The molecule has 0 saturated heterocycles. The molecule has 0 fully saturated rings. The minimum absolute atomic E-state index is 0.0145. The first-order valence-corrected chi connectivity index (χ1v) is 6.40. The van der Waals surface area contributed by atoms with Gasteiger partial charge in [-0.3, -0.25) is 0 Å². The summed E-state index contributed by atoms with van der Waals surface area (Å²) in [5, 5.41) is 0. The first kappa shape index (κ1) is 13.9. The van der Waals surface area contributed by atoms with Crippen molar-refractivity contribution in [3.8, 4) is 16.9 Å². The van der Waals surface area contributed by atoms with E-state index in [1.807, 2.05) is 42.5 Å². The van der Waals surface area contributed by atoms with Crippen LogP contribution in [0.2, 0.25) is 0 Å². The van der Waals surface area contributed by atoms with Crippen LogP contribution in [0.5, 0.6) is 5.75 Å². The Hall–Kier alpha value is -2.55. The number of rotatable bonds is 5. The second-order valence-electron chi connectivity index (χ2n) is 4.14. The molecule has 2 rings (SSSR count). The maximum atomic E-state index is 11.4. The topological polar surface area (TPSA) is 35.5 Å². The van der Waals surface area contributed by atoms with E-state index in [1.165, 1.54) is 0 Å². The molecule has 0 unspecified atom stereocenters. The molecule has 0 aliphatic carbocycles. The molecule has 0 saturated carbocycles. The Morgan fingerprint density at radius 1 is 1.00 bits per heavy atom. The van der Waals surface area contributed by atoms with Crippen molar-refractivity contribution in [1.29, 1.82) is 0 Å². The Balaban J connectivity index is 2.06. The van der Waals surface area contributed by atoms with Crippen molar-refractivity contribution in [2.75, 3.05) is 6.61 Å². The van der Waals surface area contributed by atoms with E-state index < -0.39 is 5.97 Å². The quantitative estimate of drug-likeness (QED) is 0.470. The molecule has 3 heteroatoms. The lowest BCUT2D eigenvalue weighted by Gasteiger charge is -2.08. The van der Waals surface area contributed by atoms with Gasteiger partial charge in [-0.05, 0) is 36.8 Å². The van der Waals surface area contributed by atoms with Gasteiger partial charge in [-0.2, -0.15) is 0 Å². The van der Waals surface area contributed by atoms with Gasteiger partial charge in [0.15, 0.2) is 0 Å². The van der Waals surface area contributed by atoms with Gasteiger partial charge >= 0.3 is 5.97 Å². The largest absolute Gasteiger partial charge is 0.460 e. The van der Waals surface area contributed by atoms with Crippen molar-refractivity contribution in [3.05, 3.63) is 66.9 Å². The Bertz CT molecular complexity index is 585. The summed E-state index contributed by atoms with van der Waals surface area (Å²) in [4.78, 5) is 11.4. The lowest BCUT2D eigenvalue weighted by atomic mass is 10.1. The van der Waals surface area contributed by atoms with Gasteiger partial charge in [0.1, 0.15) is 5.75 Å². The normalized spacial score (nSPS) is 9.85. The maximum absolute atomic E-state index is 11.4. The van der Waals surface area contributed by atoms with Crippen LogP contribution in [0.4, 0.5) is 0 Å². The number of hydrogen-bond acceptors (Lipinski definition) is 3. The maximum Gasteiger partial charge on any atom is 0.373 e. The van der Waals surface area contributed by atoms with E-state index in [9.17, 15) is 4.79 Å². The van der Waals surface area contributed by atoms with Crippen LogP contribution in [-0.4, -0.2) is 12.6 Å². The summed E-state index contributed by atoms with van der Waals surface area (Å²) in [6.07, 6.45) is 0. The second-order valence-corrected chi connectivity index (χ2v) is 4.14. The van der Waals surface area contributed by atoms with E-state index in [2.05, 4.69) is 6.58 Å². The Labute approximate surface area is 118 Å². The standard InChI is InChI=1S/C17H16O3/c1-3-19-17(18)13(2)20-16-11-9-15(10-12-16)14-7-5-4-6-8-14/h4-12H,2-3H2,1H3. The predicted octanol–water partition coefficient (Wildman–Crippen LogP) is 3.81. The molecule has 2 aromatic rings. The lowest BCUT2D eigenvalue weighted by Crippen LogP contribution is -2.11. The molecule has 0 heterocycles. The molecule has 0 amide bonds. The third kappa shape index (κ3) is 3.48. The van der Waals surface area contributed by atoms with Gasteiger partial charge in [-0.25, -0.2) is 4.79 Å². The van der Waals surface area contributed by atoms with E-state index in [4.69, 9.17) is 9.47 Å². The average molecular weight is 268 g/mol. The van der Waals surface area contributed by atoms with Crippen LogP contribution in [0.15, 0.2) is 66.9 Å². The Morgan fingerprint density at radius 3 is 2.20 bits per heavy atom. The van der Waals surface area contributed by atoms with Crippen LogP contribution in [0, 0.1) is 0 Å². The van der Waals surface area contributed by atoms with Gasteiger partial charge in [0, 0.05) is 0 Å². The summed E-state index contributed by atoms with van der Waals surface area (Å²) in [7, 11) is 0. The minimum atomic E-state index is -0.542. The first-order chi connectivity index (χ1) is 9.70. The SMILES string of the molecule is C=C(Oc1ccc(-c2ccccc2)cc1)C(=O)OCC. The number of benzene rings is 2. The molecule has 3 nitrogen and oxygen atoms in total. The molecule has 0 bridgehead atoms. The second kappa shape index (κ2) is 6.57. The molecule has 0 N–H and O–H groups in total. The van der Waals surface area contributed by atoms with Gasteiger partial charge in [0.2, 0.25) is 5.76 Å². The van der Waals surface area contributed by atoms with Crippen LogP contribution in [0.25, 0.3) is 11.1 Å². The third-order valence-electron chi connectivity index (χ3n) is 2.71. The highest BCUT2D eigenvalue weighted by atomic mass is 16.6. The van der Waals surface area contributed by atoms with Crippen molar-refractivity contribution in [1.82, 2.24) is 0 Å². The molecule has 0 aromatic heterocycles. The molecule has 2 aromatic carbocycles. The molecular formula is C17H16O3. The fraction of sp³-hybridized carbons (Fsp3) is 0.118. The molecule has 0 radical (unpaired) electrons. The third-order valence-corrected chi connectivity index (χ3v) is 2.71. The Morgan fingerprint density at radius 2 is 1.60 bits per heavy atom. The van der Waals surface area contributed by atoms with E-state index in [-0.39, 0.29) is 5.76 Å². The summed E-state index contributed by atoms with van der Waals surface area (Å²) < 4.78 is 10.2. The van der Waals surface area contributed by atoms with Crippen LogP contribution in [0.1, 0.15) is 6.92 Å². The fourth-order valence-corrected chi connectivity index (χ4v) is 1.74. The van der Waals surface area contributed by atoms with Crippen molar-refractivity contribution in [3.63, 3.8) is 0 Å². The minimum Gasteiger partial charge on any atom is -0.460 e. The number of hydrogen-bond donors (Lipinski definition) is 0. The Kier molecular flexibility index (Phi) is 4.56. The number of carbonyl (C=O) groups is 1. The molecule has 0 atom stereocenters. The van der Waals surface area contributed by atoms with Crippen molar-refractivity contribution in [2.24, 2.45) is 0 Å². The van der Waals surface area contributed by atoms with Crippen molar-refractivity contribution < 1.29 is 14.3 Å². The highest BCUT2D eigenvalue weighted by Gasteiger charge is 2.10. The van der Waals surface area contributed by atoms with E-state index in [0.717, 1.165) is 11.1 Å². The highest BCUT2D eigenvalue weighted by molar-refractivity contribution is 5.86. The highest BCUT2D eigenvalue weighted by Crippen LogP contribution is 2.23. The predicted molar refractivity (Wildman–Crippen MR) is 78.3 cm³/mol. The van der Waals surface area contributed by atoms with Gasteiger partial charge in [0.05, 0.1) is 6.61 Å². The van der Waals surface area contributed by atoms with Crippen LogP contribution < -0.4 is 4.74 Å². The lowest BCUT2D eigenvalue weighted by molar-refractivity contribution is -0.140. The van der Waals surface area contributed by atoms with E-state index in [0.29, 0.717) is 12.4 Å².